The van der Waals surface area contributed by atoms with Crippen molar-refractivity contribution in [2.45, 2.75) is 378 Å². The quantitative estimate of drug-likeness (QED) is 0.153. The molecular formula is C97H218N6O5S2. The average molecular weight is 1610 g/mol. The van der Waals surface area contributed by atoms with Gasteiger partial charge in [-0.2, -0.15) is 11.3 Å². The lowest BCUT2D eigenvalue weighted by Gasteiger charge is -1.82. The Morgan fingerprint density at radius 2 is 0.827 bits per heavy atom. The first kappa shape index (κ1) is 212. The molecule has 0 bridgehead atoms. The molecule has 0 saturated heterocycles. The summed E-state index contributed by atoms with van der Waals surface area (Å²) in [6, 6.07) is 32.3. The van der Waals surface area contributed by atoms with Gasteiger partial charge in [0.15, 0.2) is 18.7 Å². The number of nitrogens with zero attached hydrogens (tertiary/aromatic N) is 4. The first-order valence-electron chi connectivity index (χ1n) is 32.2. The molecule has 11 aromatic rings. The molecule has 0 radical (unpaired) electrons. The van der Waals surface area contributed by atoms with Crippen LogP contribution in [0.25, 0.3) is 0 Å². The SMILES string of the molecule is C.C.C.C.C.C.C.C.C.C.C.C.C.C.C.C.C.C.C.C.C.CC.CC.CC.CC.CC.CC.CC.CC.CC.CC.CC.Cc1cc[nH]c1.Cc1ccc[nH]1.Cc1ccccc1.Cc1ccco1.Cc1cccs1.Cc1ccoc1.Cc1ccsc1.Cc1cnco1.Cc1cocn1.Cc1ncco1.Cn1cccc1. The van der Waals surface area contributed by atoms with Gasteiger partial charge < -0.3 is 36.6 Å². The van der Waals surface area contributed by atoms with Gasteiger partial charge in [0.05, 0.1) is 36.9 Å². The standard InChI is InChI=1S/C7H8.3C5H7N.2C5H6O.2C5H6S.3C4H5NO.11C2H6.21CH4/c1-7-5-3-2-4-6-7;1-5-2-3-6-4-5;1-6-4-2-3-5-6;1-5-3-2-4-6-5;1-5-2-3-6-4-5;1-5-3-2-4-6-5;1-5-2-3-6-4-5;1-5-3-2-4-6-5;1-4-2-6-3-5-4;1-4-2-5-3-6-4;1-4-5-2-3-6-4;11*1-2;;;;;;;;;;;;;;;;;;;;;/h2-6H,1H3;2-4,6H,1H3;2-5H,1H3;2-4,6H,1H3;4*2-4H,1H3;3*2-3H,1H3;11*1-2H3;21*1H4. The van der Waals surface area contributed by atoms with E-state index in [4.69, 9.17) is 17.7 Å². The predicted octanol–water partition coefficient (Wildman–Crippen LogP) is 40.6. The van der Waals surface area contributed by atoms with Gasteiger partial charge >= 0.3 is 0 Å². The number of aromatic amines is 2. The molecule has 0 fully saturated rings. The van der Waals surface area contributed by atoms with Crippen LogP contribution in [0.1, 0.15) is 364 Å². The number of benzene rings is 1. The molecule has 2 N–H and O–H groups in total. The van der Waals surface area contributed by atoms with Crippen LogP contribution in [-0.4, -0.2) is 29.5 Å². The van der Waals surface area contributed by atoms with E-state index in [9.17, 15) is 0 Å². The van der Waals surface area contributed by atoms with Crippen LogP contribution in [0.15, 0.2) is 223 Å². The van der Waals surface area contributed by atoms with Gasteiger partial charge in [-0.3, -0.25) is 0 Å². The second kappa shape index (κ2) is 206. The van der Waals surface area contributed by atoms with E-state index in [0.29, 0.717) is 0 Å². The lowest BCUT2D eigenvalue weighted by Crippen LogP contribution is -1.75. The number of aromatic nitrogens is 6. The normalized spacial score (nSPS) is 5.97. The van der Waals surface area contributed by atoms with E-state index in [1.165, 1.54) is 45.6 Å². The molecule has 0 spiro atoms. The van der Waals surface area contributed by atoms with Crippen molar-refractivity contribution in [1.29, 1.82) is 0 Å². The number of hydrogen-bond donors (Lipinski definition) is 2. The highest BCUT2D eigenvalue weighted by molar-refractivity contribution is 7.09. The molecular weight excluding hydrogens is 1390 g/mol. The van der Waals surface area contributed by atoms with E-state index in [1.54, 1.807) is 73.3 Å². The number of rotatable bonds is 0. The fraction of sp³-hybridized carbons (Fsp3) is 0.557. The van der Waals surface area contributed by atoms with Gasteiger partial charge in [-0.25, -0.2) is 15.0 Å². The van der Waals surface area contributed by atoms with Crippen LogP contribution < -0.4 is 0 Å². The van der Waals surface area contributed by atoms with Crippen LogP contribution in [0.5, 0.6) is 0 Å². The Labute approximate surface area is 711 Å². The zero-order valence-corrected chi connectivity index (χ0v) is 64.3. The molecule has 0 aliphatic heterocycles. The van der Waals surface area contributed by atoms with Gasteiger partial charge in [0, 0.05) is 55.5 Å². The molecule has 11 nitrogen and oxygen atoms in total. The molecule has 10 aromatic heterocycles. The number of oxazole rings is 3. The van der Waals surface area contributed by atoms with Crippen molar-refractivity contribution in [3.63, 3.8) is 0 Å². The van der Waals surface area contributed by atoms with Crippen LogP contribution in [0.3, 0.4) is 0 Å². The number of thiophene rings is 2. The van der Waals surface area contributed by atoms with Gasteiger partial charge in [-0.1, -0.05) is 350 Å². The van der Waals surface area contributed by atoms with Crippen molar-refractivity contribution in [3.05, 3.63) is 257 Å². The van der Waals surface area contributed by atoms with Crippen molar-refractivity contribution in [2.24, 2.45) is 7.05 Å². The first-order chi connectivity index (χ1) is 43.3. The van der Waals surface area contributed by atoms with Crippen molar-refractivity contribution < 1.29 is 22.1 Å². The maximum absolute atomic E-state index is 4.83. The third-order valence-electron chi connectivity index (χ3n) is 7.52. The topological polar surface area (TPSA) is 141 Å². The third kappa shape index (κ3) is 200. The average Bonchev–Trinajstić information content (AvgIpc) is 1.93. The van der Waals surface area contributed by atoms with Crippen molar-refractivity contribution >= 4 is 22.7 Å². The Kier molecular flexibility index (Phi) is 399. The summed E-state index contributed by atoms with van der Waals surface area (Å²) >= 11 is 3.52. The van der Waals surface area contributed by atoms with E-state index < -0.39 is 0 Å². The fourth-order valence-corrected chi connectivity index (χ4v) is 5.21. The largest absolute Gasteiger partial charge is 0.472 e. The van der Waals surface area contributed by atoms with Crippen LogP contribution >= 0.6 is 22.7 Å². The molecule has 13 heteroatoms. The van der Waals surface area contributed by atoms with Crippen LogP contribution in [0.4, 0.5) is 0 Å². The Bertz CT molecular complexity index is 1950. The highest BCUT2D eigenvalue weighted by Gasteiger charge is 1.81. The van der Waals surface area contributed by atoms with E-state index in [-0.39, 0.29) is 156 Å². The van der Waals surface area contributed by atoms with E-state index in [2.05, 4.69) is 104 Å². The van der Waals surface area contributed by atoms with Gasteiger partial charge in [-0.05, 0) is 156 Å². The zero-order chi connectivity index (χ0) is 71.2. The highest BCUT2D eigenvalue weighted by atomic mass is 32.1. The van der Waals surface area contributed by atoms with E-state index in [0.717, 1.165) is 23.1 Å². The summed E-state index contributed by atoms with van der Waals surface area (Å²) in [6.45, 7) is 63.8. The molecule has 0 aliphatic carbocycles. The smallest absolute Gasteiger partial charge is 0.190 e. The van der Waals surface area contributed by atoms with Crippen molar-refractivity contribution in [2.75, 3.05) is 0 Å². The lowest BCUT2D eigenvalue weighted by molar-refractivity contribution is 0.521. The number of hydrogen-bond acceptors (Lipinski definition) is 10. The molecule has 10 heterocycles. The van der Waals surface area contributed by atoms with Crippen LogP contribution in [0.2, 0.25) is 0 Å². The summed E-state index contributed by atoms with van der Waals surface area (Å²) in [5, 5.41) is 6.28. The highest BCUT2D eigenvalue weighted by Crippen LogP contribution is 2.04. The molecule has 11 rings (SSSR count). The fourth-order valence-electron chi connectivity index (χ4n) is 4.02. The van der Waals surface area contributed by atoms with E-state index >= 15 is 0 Å². The lowest BCUT2D eigenvalue weighted by atomic mass is 10.2. The molecule has 0 atom stereocenters. The zero-order valence-electron chi connectivity index (χ0n) is 62.7. The Balaban J connectivity index is -0.0000000194. The van der Waals surface area contributed by atoms with Gasteiger partial charge in [0.2, 0.25) is 0 Å². The second-order valence-corrected chi connectivity index (χ2v) is 16.0. The Hall–Kier alpha value is -7.35. The molecule has 0 saturated carbocycles. The van der Waals surface area contributed by atoms with Crippen LogP contribution in [0, 0.1) is 69.2 Å². The minimum absolute atomic E-state index is 0. The molecule has 0 amide bonds. The monoisotopic (exact) mass is 1610 g/mol. The summed E-state index contributed by atoms with van der Waals surface area (Å²) in [6.07, 6.45) is 24.1. The van der Waals surface area contributed by atoms with Gasteiger partial charge in [0.1, 0.15) is 24.0 Å². The van der Waals surface area contributed by atoms with Gasteiger partial charge in [0.25, 0.3) is 0 Å². The first-order valence-corrected chi connectivity index (χ1v) is 34.0. The Morgan fingerprint density at radius 3 is 0.936 bits per heavy atom. The number of aryl methyl sites for hydroxylation is 11. The summed E-state index contributed by atoms with van der Waals surface area (Å²) in [5.41, 5.74) is 7.29. The van der Waals surface area contributed by atoms with Crippen molar-refractivity contribution in [1.82, 2.24) is 29.5 Å². The van der Waals surface area contributed by atoms with Crippen molar-refractivity contribution in [3.8, 4) is 0 Å². The summed E-state index contributed by atoms with van der Waals surface area (Å²) in [4.78, 5) is 18.5. The summed E-state index contributed by atoms with van der Waals surface area (Å²) in [7, 11) is 2.00. The third-order valence-corrected chi connectivity index (χ3v) is 9.12. The maximum atomic E-state index is 4.83. The maximum Gasteiger partial charge on any atom is 0.190 e. The molecule has 678 valence electrons. The number of nitrogens with one attached hydrogen (secondary N) is 2. The molecule has 0 aliphatic rings. The number of H-pyrrole nitrogens is 2. The van der Waals surface area contributed by atoms with E-state index in [1.807, 2.05) is 296 Å². The molecule has 0 unspecified atom stereocenters. The summed E-state index contributed by atoms with van der Waals surface area (Å²) in [5.74, 6) is 2.54. The summed E-state index contributed by atoms with van der Waals surface area (Å²) < 4.78 is 25.6. The second-order valence-electron chi connectivity index (χ2n) is 14.1. The van der Waals surface area contributed by atoms with Crippen LogP contribution in [-0.2, 0) is 7.05 Å². The Morgan fingerprint density at radius 1 is 0.355 bits per heavy atom. The minimum atomic E-state index is 0. The molecule has 110 heavy (non-hydrogen) atoms. The molecule has 1 aromatic carbocycles. The number of furan rings is 2. The van der Waals surface area contributed by atoms with Gasteiger partial charge in [-0.15, -0.1) is 11.3 Å². The minimum Gasteiger partial charge on any atom is -0.472 e. The predicted molar refractivity (Wildman–Crippen MR) is 543 cm³/mol.